The van der Waals surface area contributed by atoms with Crippen molar-refractivity contribution >= 4 is 34.2 Å². The second kappa shape index (κ2) is 7.85. The van der Waals surface area contributed by atoms with Gasteiger partial charge in [-0.05, 0) is 24.8 Å². The van der Waals surface area contributed by atoms with Crippen LogP contribution in [0, 0.1) is 11.5 Å². The van der Waals surface area contributed by atoms with Crippen LogP contribution in [0.15, 0.2) is 23.2 Å². The van der Waals surface area contributed by atoms with Gasteiger partial charge in [0.05, 0.1) is 11.6 Å². The maximum Gasteiger partial charge on any atom is 0.183 e. The van der Waals surface area contributed by atoms with Crippen molar-refractivity contribution in [3.63, 3.8) is 0 Å². The van der Waals surface area contributed by atoms with E-state index in [4.69, 9.17) is 21.6 Å². The van der Waals surface area contributed by atoms with Gasteiger partial charge in [-0.2, -0.15) is 5.26 Å². The highest BCUT2D eigenvalue weighted by atomic mass is 35.5. The monoisotopic (exact) mass is 283 g/mol. The lowest BCUT2D eigenvalue weighted by Crippen LogP contribution is -2.12. The fourth-order valence-electron chi connectivity index (χ4n) is 1.21. The minimum atomic E-state index is 0.501. The first-order valence-corrected chi connectivity index (χ1v) is 7.02. The summed E-state index contributed by atoms with van der Waals surface area (Å²) >= 11 is 7.43. The Morgan fingerprint density at radius 3 is 3.00 bits per heavy atom. The van der Waals surface area contributed by atoms with Crippen LogP contribution in [-0.2, 0) is 0 Å². The molecule has 96 valence electrons. The minimum absolute atomic E-state index is 0.501. The van der Waals surface area contributed by atoms with Gasteiger partial charge in [0.2, 0.25) is 0 Å². The standard InChI is InChI=1S/C12H14ClN3OS/c1-3-7-17-11-9(13)5-4-6-10(11)16-12(18-2)15-8-14/h4-6H,3,7H2,1-2H3,(H,15,16). The second-order valence-electron chi connectivity index (χ2n) is 3.29. The van der Waals surface area contributed by atoms with Gasteiger partial charge in [0.25, 0.3) is 0 Å². The molecular formula is C12H14ClN3OS. The van der Waals surface area contributed by atoms with Gasteiger partial charge in [0.1, 0.15) is 5.69 Å². The van der Waals surface area contributed by atoms with Gasteiger partial charge in [-0.3, -0.25) is 5.32 Å². The second-order valence-corrected chi connectivity index (χ2v) is 4.50. The number of ether oxygens (including phenoxy) is 1. The number of thioether (sulfide) groups is 1. The number of rotatable bonds is 4. The minimum Gasteiger partial charge on any atom is -0.490 e. The molecule has 0 aromatic heterocycles. The number of hydrogen-bond donors (Lipinski definition) is 1. The number of nitriles is 1. The first kappa shape index (κ1) is 14.7. The lowest BCUT2D eigenvalue weighted by molar-refractivity contribution is 0.319. The summed E-state index contributed by atoms with van der Waals surface area (Å²) in [5.74, 6) is 0.548. The fourth-order valence-corrected chi connectivity index (χ4v) is 1.78. The van der Waals surface area contributed by atoms with Gasteiger partial charge in [0.15, 0.2) is 17.1 Å². The Labute approximate surface area is 116 Å². The molecule has 0 heterocycles. The quantitative estimate of drug-likeness (QED) is 0.397. The van der Waals surface area contributed by atoms with Gasteiger partial charge >= 0.3 is 0 Å². The van der Waals surface area contributed by atoms with Crippen LogP contribution in [0.2, 0.25) is 5.02 Å². The third-order valence-corrected chi connectivity index (χ3v) is 2.85. The van der Waals surface area contributed by atoms with E-state index in [9.17, 15) is 0 Å². The Balaban J connectivity index is 3.07. The topological polar surface area (TPSA) is 57.4 Å². The number of nitrogens with one attached hydrogen (secondary N) is 1. The number of aliphatic imine (C=N–C) groups is 1. The zero-order valence-corrected chi connectivity index (χ0v) is 11.8. The van der Waals surface area contributed by atoms with Crippen molar-refractivity contribution in [1.82, 2.24) is 5.32 Å². The summed E-state index contributed by atoms with van der Waals surface area (Å²) in [6.07, 6.45) is 4.56. The van der Waals surface area contributed by atoms with E-state index >= 15 is 0 Å². The normalized spacial score (nSPS) is 10.9. The highest BCUT2D eigenvalue weighted by molar-refractivity contribution is 8.13. The summed E-state index contributed by atoms with van der Waals surface area (Å²) in [7, 11) is 0. The molecule has 1 aromatic carbocycles. The Morgan fingerprint density at radius 2 is 2.39 bits per heavy atom. The maximum absolute atomic E-state index is 8.60. The van der Waals surface area contributed by atoms with Crippen LogP contribution in [-0.4, -0.2) is 18.0 Å². The van der Waals surface area contributed by atoms with E-state index in [-0.39, 0.29) is 0 Å². The molecule has 6 heteroatoms. The van der Waals surface area contributed by atoms with Crippen LogP contribution in [0.3, 0.4) is 0 Å². The van der Waals surface area contributed by atoms with Crippen molar-refractivity contribution in [2.45, 2.75) is 13.3 Å². The zero-order chi connectivity index (χ0) is 13.4. The molecule has 0 unspecified atom stereocenters. The first-order chi connectivity index (χ1) is 8.72. The Kier molecular flexibility index (Phi) is 6.40. The molecule has 0 saturated carbocycles. The van der Waals surface area contributed by atoms with E-state index in [1.165, 1.54) is 11.8 Å². The van der Waals surface area contributed by atoms with Crippen molar-refractivity contribution in [2.75, 3.05) is 12.9 Å². The summed E-state index contributed by atoms with van der Waals surface area (Å²) in [6.45, 7) is 2.59. The van der Waals surface area contributed by atoms with Crippen LogP contribution in [0.25, 0.3) is 0 Å². The summed E-state index contributed by atoms with van der Waals surface area (Å²) in [6, 6.07) is 5.35. The fraction of sp³-hybridized carbons (Fsp3) is 0.333. The van der Waals surface area contributed by atoms with Crippen LogP contribution in [0.4, 0.5) is 5.69 Å². The molecule has 1 aromatic rings. The van der Waals surface area contributed by atoms with Crippen molar-refractivity contribution in [1.29, 1.82) is 5.26 Å². The smallest absolute Gasteiger partial charge is 0.183 e. The number of para-hydroxylation sites is 1. The van der Waals surface area contributed by atoms with E-state index in [2.05, 4.69) is 10.3 Å². The largest absolute Gasteiger partial charge is 0.490 e. The third-order valence-electron chi connectivity index (χ3n) is 1.97. The molecule has 0 aliphatic rings. The molecule has 0 fully saturated rings. The SMILES string of the molecule is CCCOc1c(Cl)cccc1N=C(NC#N)SC. The van der Waals surface area contributed by atoms with Crippen LogP contribution >= 0.6 is 23.4 Å². The number of hydrogen-bond acceptors (Lipinski definition) is 4. The molecule has 1 rings (SSSR count). The molecule has 4 nitrogen and oxygen atoms in total. The maximum atomic E-state index is 8.60. The molecule has 0 saturated heterocycles. The van der Waals surface area contributed by atoms with E-state index in [0.717, 1.165) is 6.42 Å². The number of amidine groups is 1. The van der Waals surface area contributed by atoms with E-state index in [1.54, 1.807) is 18.2 Å². The number of nitrogens with zero attached hydrogens (tertiary/aromatic N) is 2. The molecule has 0 aliphatic carbocycles. The highest BCUT2D eigenvalue weighted by Gasteiger charge is 2.08. The molecule has 0 aliphatic heterocycles. The average molecular weight is 284 g/mol. The zero-order valence-electron chi connectivity index (χ0n) is 10.2. The van der Waals surface area contributed by atoms with E-state index in [0.29, 0.717) is 28.2 Å². The molecule has 18 heavy (non-hydrogen) atoms. The van der Waals surface area contributed by atoms with Gasteiger partial charge in [-0.15, -0.1) is 0 Å². The molecule has 0 radical (unpaired) electrons. The van der Waals surface area contributed by atoms with Crippen LogP contribution in [0.5, 0.6) is 5.75 Å². The lowest BCUT2D eigenvalue weighted by atomic mass is 10.3. The Hall–Kier alpha value is -1.38. The van der Waals surface area contributed by atoms with E-state index in [1.807, 2.05) is 19.4 Å². The molecule has 0 spiro atoms. The van der Waals surface area contributed by atoms with Crippen molar-refractivity contribution < 1.29 is 4.74 Å². The Morgan fingerprint density at radius 1 is 1.61 bits per heavy atom. The summed E-state index contributed by atoms with van der Waals surface area (Å²) in [5.41, 5.74) is 0.614. The first-order valence-electron chi connectivity index (χ1n) is 5.42. The van der Waals surface area contributed by atoms with Gasteiger partial charge in [-0.1, -0.05) is 36.4 Å². The molecular weight excluding hydrogens is 270 g/mol. The van der Waals surface area contributed by atoms with Gasteiger partial charge in [0, 0.05) is 0 Å². The molecule has 0 atom stereocenters. The molecule has 0 bridgehead atoms. The highest BCUT2D eigenvalue weighted by Crippen LogP contribution is 2.35. The average Bonchev–Trinajstić information content (AvgIpc) is 2.37. The van der Waals surface area contributed by atoms with Crippen molar-refractivity contribution in [3.8, 4) is 11.9 Å². The number of halogens is 1. The molecule has 0 amide bonds. The number of benzene rings is 1. The summed E-state index contributed by atoms with van der Waals surface area (Å²) < 4.78 is 5.58. The molecule has 1 N–H and O–H groups in total. The van der Waals surface area contributed by atoms with E-state index < -0.39 is 0 Å². The van der Waals surface area contributed by atoms with Crippen LogP contribution < -0.4 is 10.1 Å². The predicted octanol–water partition coefficient (Wildman–Crippen LogP) is 3.55. The predicted molar refractivity (Wildman–Crippen MR) is 76.6 cm³/mol. The van der Waals surface area contributed by atoms with Crippen LogP contribution in [0.1, 0.15) is 13.3 Å². The third kappa shape index (κ3) is 4.13. The summed E-state index contributed by atoms with van der Waals surface area (Å²) in [5, 5.41) is 12.1. The van der Waals surface area contributed by atoms with Gasteiger partial charge < -0.3 is 4.74 Å². The van der Waals surface area contributed by atoms with Gasteiger partial charge in [-0.25, -0.2) is 4.99 Å². The van der Waals surface area contributed by atoms with Crippen molar-refractivity contribution in [3.05, 3.63) is 23.2 Å². The lowest BCUT2D eigenvalue weighted by Gasteiger charge is -2.10. The Bertz CT molecular complexity index is 471. The van der Waals surface area contributed by atoms with Crippen molar-refractivity contribution in [2.24, 2.45) is 4.99 Å². The summed E-state index contributed by atoms with van der Waals surface area (Å²) in [4.78, 5) is 4.32.